The largest absolute Gasteiger partial charge is 0.346 e. The summed E-state index contributed by atoms with van der Waals surface area (Å²) in [6.07, 6.45) is 0.647. The molecule has 1 aliphatic rings. The molecule has 0 radical (unpaired) electrons. The number of hydrogen-bond acceptors (Lipinski definition) is 3. The molecule has 0 spiro atoms. The van der Waals surface area contributed by atoms with Gasteiger partial charge in [-0.3, -0.25) is 9.59 Å². The average Bonchev–Trinajstić information content (AvgIpc) is 2.32. The summed E-state index contributed by atoms with van der Waals surface area (Å²) in [6, 6.07) is 7.59. The summed E-state index contributed by atoms with van der Waals surface area (Å²) in [5, 5.41) is 2.54. The molecule has 5 heteroatoms. The second kappa shape index (κ2) is 5.01. The Kier molecular flexibility index (Phi) is 3.57. The molecule has 2 rings (SSSR count). The molecule has 0 aliphatic carbocycles. The van der Waals surface area contributed by atoms with Crippen molar-refractivity contribution < 1.29 is 9.59 Å². The van der Waals surface area contributed by atoms with Crippen LogP contribution in [0.15, 0.2) is 24.3 Å². The molecular weight excluding hydrogens is 242 g/mol. The molecule has 1 saturated heterocycles. The first kappa shape index (κ1) is 13.5. The van der Waals surface area contributed by atoms with Crippen LogP contribution in [0.25, 0.3) is 0 Å². The number of rotatable bonds is 3. The second-order valence-corrected chi connectivity index (χ2v) is 5.51. The molecule has 1 aromatic rings. The van der Waals surface area contributed by atoms with Gasteiger partial charge in [-0.05, 0) is 31.9 Å². The lowest BCUT2D eigenvalue weighted by Gasteiger charge is -2.30. The summed E-state index contributed by atoms with van der Waals surface area (Å²) < 4.78 is 0. The molecule has 0 saturated carbocycles. The number of carbonyl (C=O) groups excluding carboxylic acids is 2. The van der Waals surface area contributed by atoms with Crippen LogP contribution in [-0.4, -0.2) is 30.4 Å². The summed E-state index contributed by atoms with van der Waals surface area (Å²) in [5.41, 5.74) is 7.44. The van der Waals surface area contributed by atoms with Gasteiger partial charge in [0, 0.05) is 24.3 Å². The number of benzene rings is 1. The number of nitrogens with one attached hydrogen (secondary N) is 1. The fourth-order valence-electron chi connectivity index (χ4n) is 2.23. The average molecular weight is 261 g/mol. The van der Waals surface area contributed by atoms with Gasteiger partial charge in [-0.2, -0.15) is 0 Å². The van der Waals surface area contributed by atoms with E-state index >= 15 is 0 Å². The second-order valence-electron chi connectivity index (χ2n) is 5.51. The van der Waals surface area contributed by atoms with Crippen LogP contribution in [0.5, 0.6) is 0 Å². The molecule has 19 heavy (non-hydrogen) atoms. The number of hydrogen-bond donors (Lipinski definition) is 2. The summed E-state index contributed by atoms with van der Waals surface area (Å²) in [4.78, 5) is 24.9. The normalized spacial score (nSPS) is 16.5. The van der Waals surface area contributed by atoms with E-state index in [1.807, 2.05) is 38.1 Å². The van der Waals surface area contributed by atoms with Crippen molar-refractivity contribution in [1.82, 2.24) is 5.32 Å². The van der Waals surface area contributed by atoms with Gasteiger partial charge in [-0.15, -0.1) is 0 Å². The van der Waals surface area contributed by atoms with Crippen LogP contribution >= 0.6 is 0 Å². The van der Waals surface area contributed by atoms with Crippen LogP contribution in [0.3, 0.4) is 0 Å². The highest BCUT2D eigenvalue weighted by molar-refractivity contribution is 6.41. The van der Waals surface area contributed by atoms with E-state index in [-0.39, 0.29) is 5.54 Å². The minimum atomic E-state index is -0.548. The fourth-order valence-corrected chi connectivity index (χ4v) is 2.23. The Bertz CT molecular complexity index is 506. The molecule has 1 heterocycles. The van der Waals surface area contributed by atoms with Gasteiger partial charge in [0.05, 0.1) is 0 Å². The predicted molar refractivity (Wildman–Crippen MR) is 73.8 cm³/mol. The summed E-state index contributed by atoms with van der Waals surface area (Å²) >= 11 is 0. The van der Waals surface area contributed by atoms with E-state index in [2.05, 4.69) is 5.32 Å². The van der Waals surface area contributed by atoms with Gasteiger partial charge in [0.15, 0.2) is 0 Å². The minimum Gasteiger partial charge on any atom is -0.346 e. The van der Waals surface area contributed by atoms with E-state index in [1.165, 1.54) is 4.90 Å². The zero-order valence-electron chi connectivity index (χ0n) is 11.3. The SMILES string of the molecule is CC(C)(N)Cc1ccccc1N1CCNC(=O)C1=O. The van der Waals surface area contributed by atoms with Crippen molar-refractivity contribution in [2.45, 2.75) is 25.8 Å². The quantitative estimate of drug-likeness (QED) is 0.775. The molecule has 3 N–H and O–H groups in total. The third kappa shape index (κ3) is 3.12. The monoisotopic (exact) mass is 261 g/mol. The van der Waals surface area contributed by atoms with Gasteiger partial charge in [0.2, 0.25) is 0 Å². The van der Waals surface area contributed by atoms with E-state index in [0.717, 1.165) is 11.3 Å². The molecule has 2 amide bonds. The van der Waals surface area contributed by atoms with Crippen molar-refractivity contribution in [1.29, 1.82) is 0 Å². The van der Waals surface area contributed by atoms with Crippen molar-refractivity contribution in [2.75, 3.05) is 18.0 Å². The smallest absolute Gasteiger partial charge is 0.316 e. The van der Waals surface area contributed by atoms with Crippen molar-refractivity contribution in [2.24, 2.45) is 5.73 Å². The number of amides is 2. The first-order valence-corrected chi connectivity index (χ1v) is 6.35. The lowest BCUT2D eigenvalue weighted by molar-refractivity contribution is -0.138. The Morgan fingerprint density at radius 3 is 2.68 bits per heavy atom. The van der Waals surface area contributed by atoms with Crippen LogP contribution in [0.4, 0.5) is 5.69 Å². The number of nitrogens with zero attached hydrogens (tertiary/aromatic N) is 1. The van der Waals surface area contributed by atoms with Gasteiger partial charge in [-0.1, -0.05) is 18.2 Å². The minimum absolute atomic E-state index is 0.364. The molecule has 0 atom stereocenters. The molecule has 0 unspecified atom stereocenters. The van der Waals surface area contributed by atoms with Gasteiger partial charge in [0.1, 0.15) is 0 Å². The van der Waals surface area contributed by atoms with Gasteiger partial charge in [0.25, 0.3) is 0 Å². The van der Waals surface area contributed by atoms with Crippen molar-refractivity contribution >= 4 is 17.5 Å². The molecule has 1 aromatic carbocycles. The molecule has 1 fully saturated rings. The summed E-state index contributed by atoms with van der Waals surface area (Å²) in [5.74, 6) is -1.05. The van der Waals surface area contributed by atoms with E-state index in [0.29, 0.717) is 19.5 Å². The first-order valence-electron chi connectivity index (χ1n) is 6.35. The lowest BCUT2D eigenvalue weighted by atomic mass is 9.94. The highest BCUT2D eigenvalue weighted by Crippen LogP contribution is 2.24. The molecule has 0 aromatic heterocycles. The lowest BCUT2D eigenvalue weighted by Crippen LogP contribution is -2.52. The molecule has 102 valence electrons. The van der Waals surface area contributed by atoms with Crippen LogP contribution in [0, 0.1) is 0 Å². The van der Waals surface area contributed by atoms with Gasteiger partial charge < -0.3 is 16.0 Å². The zero-order valence-corrected chi connectivity index (χ0v) is 11.3. The van der Waals surface area contributed by atoms with Gasteiger partial charge in [-0.25, -0.2) is 0 Å². The maximum atomic E-state index is 11.9. The van der Waals surface area contributed by atoms with Crippen LogP contribution in [0.2, 0.25) is 0 Å². The van der Waals surface area contributed by atoms with Gasteiger partial charge >= 0.3 is 11.8 Å². The molecule has 0 bridgehead atoms. The van der Waals surface area contributed by atoms with E-state index < -0.39 is 11.8 Å². The summed E-state index contributed by atoms with van der Waals surface area (Å²) in [6.45, 7) is 4.85. The summed E-state index contributed by atoms with van der Waals surface area (Å²) in [7, 11) is 0. The number of carbonyl (C=O) groups is 2. The van der Waals surface area contributed by atoms with E-state index in [4.69, 9.17) is 5.73 Å². The van der Waals surface area contributed by atoms with Crippen molar-refractivity contribution in [3.05, 3.63) is 29.8 Å². The highest BCUT2D eigenvalue weighted by Gasteiger charge is 2.29. The maximum absolute atomic E-state index is 11.9. The van der Waals surface area contributed by atoms with Crippen LogP contribution in [0.1, 0.15) is 19.4 Å². The third-order valence-electron chi connectivity index (χ3n) is 2.99. The Morgan fingerprint density at radius 2 is 2.00 bits per heavy atom. The highest BCUT2D eigenvalue weighted by atomic mass is 16.2. The number of para-hydroxylation sites is 1. The molecular formula is C14H19N3O2. The zero-order chi connectivity index (χ0) is 14.0. The van der Waals surface area contributed by atoms with Crippen LogP contribution in [-0.2, 0) is 16.0 Å². The molecule has 1 aliphatic heterocycles. The maximum Gasteiger partial charge on any atom is 0.316 e. The van der Waals surface area contributed by atoms with Crippen molar-refractivity contribution in [3.8, 4) is 0 Å². The first-order chi connectivity index (χ1) is 8.88. The van der Waals surface area contributed by atoms with Crippen LogP contribution < -0.4 is 16.0 Å². The predicted octanol–water partition coefficient (Wildman–Crippen LogP) is 0.429. The third-order valence-corrected chi connectivity index (χ3v) is 2.99. The standard InChI is InChI=1S/C14H19N3O2/c1-14(2,15)9-10-5-3-4-6-11(10)17-8-7-16-12(18)13(17)19/h3-6H,7-9,15H2,1-2H3,(H,16,18). The van der Waals surface area contributed by atoms with E-state index in [1.54, 1.807) is 0 Å². The number of piperazine rings is 1. The Balaban J connectivity index is 2.34. The Labute approximate surface area is 112 Å². The number of anilines is 1. The van der Waals surface area contributed by atoms with E-state index in [9.17, 15) is 9.59 Å². The Hall–Kier alpha value is -1.88. The Morgan fingerprint density at radius 1 is 1.32 bits per heavy atom. The molecule has 5 nitrogen and oxygen atoms in total. The number of nitrogens with two attached hydrogens (primary N) is 1. The topological polar surface area (TPSA) is 75.4 Å². The van der Waals surface area contributed by atoms with Crippen molar-refractivity contribution in [3.63, 3.8) is 0 Å². The fraction of sp³-hybridized carbons (Fsp3) is 0.429.